The van der Waals surface area contributed by atoms with Gasteiger partial charge in [0.15, 0.2) is 11.4 Å². The summed E-state index contributed by atoms with van der Waals surface area (Å²) >= 11 is 0. The van der Waals surface area contributed by atoms with Crippen LogP contribution in [0.4, 0.5) is 10.4 Å². The van der Waals surface area contributed by atoms with E-state index in [9.17, 15) is 9.18 Å². The van der Waals surface area contributed by atoms with E-state index in [0.717, 1.165) is 12.0 Å². The van der Waals surface area contributed by atoms with Gasteiger partial charge in [-0.05, 0) is 43.5 Å². The SMILES string of the molecule is COc1ccc(C)cc1C(=O)N1CC[C@@H](CNc2nc3cccc(F)c3o2)C1. The second-order valence-corrected chi connectivity index (χ2v) is 7.10. The minimum atomic E-state index is -0.428. The number of halogens is 1. The fraction of sp³-hybridized carbons (Fsp3) is 0.333. The van der Waals surface area contributed by atoms with Gasteiger partial charge in [-0.25, -0.2) is 4.39 Å². The Morgan fingerprint density at radius 3 is 3.04 bits per heavy atom. The predicted octanol–water partition coefficient (Wildman–Crippen LogP) is 3.86. The van der Waals surface area contributed by atoms with Gasteiger partial charge in [-0.2, -0.15) is 4.98 Å². The van der Waals surface area contributed by atoms with E-state index in [-0.39, 0.29) is 17.4 Å². The standard InChI is InChI=1S/C21H22FN3O3/c1-13-6-7-18(27-2)15(10-13)20(26)25-9-8-14(12-25)11-23-21-24-17-5-3-4-16(22)19(17)28-21/h3-7,10,14H,8-9,11-12H2,1-2H3,(H,23,24)/t14-/m0/s1. The van der Waals surface area contributed by atoms with E-state index in [2.05, 4.69) is 10.3 Å². The smallest absolute Gasteiger partial charge is 0.295 e. The molecule has 1 fully saturated rings. The minimum Gasteiger partial charge on any atom is -0.496 e. The number of rotatable bonds is 5. The highest BCUT2D eigenvalue weighted by Gasteiger charge is 2.28. The van der Waals surface area contributed by atoms with Gasteiger partial charge in [0.1, 0.15) is 11.3 Å². The molecule has 1 aromatic heterocycles. The van der Waals surface area contributed by atoms with Crippen molar-refractivity contribution in [2.24, 2.45) is 5.92 Å². The predicted molar refractivity (Wildman–Crippen MR) is 104 cm³/mol. The summed E-state index contributed by atoms with van der Waals surface area (Å²) in [4.78, 5) is 19.0. The van der Waals surface area contributed by atoms with Crippen LogP contribution in [0, 0.1) is 18.7 Å². The maximum atomic E-state index is 13.7. The quantitative estimate of drug-likeness (QED) is 0.725. The summed E-state index contributed by atoms with van der Waals surface area (Å²) in [6.07, 6.45) is 0.876. The second kappa shape index (κ2) is 7.50. The Kier molecular flexibility index (Phi) is 4.90. The van der Waals surface area contributed by atoms with Crippen LogP contribution in [0.3, 0.4) is 0 Å². The van der Waals surface area contributed by atoms with Gasteiger partial charge in [-0.1, -0.05) is 17.7 Å². The van der Waals surface area contributed by atoms with Crippen LogP contribution in [0.25, 0.3) is 11.1 Å². The first-order valence-corrected chi connectivity index (χ1v) is 9.28. The maximum Gasteiger partial charge on any atom is 0.295 e. The Labute approximate surface area is 162 Å². The minimum absolute atomic E-state index is 0.0213. The number of hydrogen-bond acceptors (Lipinski definition) is 5. The Morgan fingerprint density at radius 1 is 1.39 bits per heavy atom. The first kappa shape index (κ1) is 18.3. The van der Waals surface area contributed by atoms with Gasteiger partial charge in [0.2, 0.25) is 0 Å². The van der Waals surface area contributed by atoms with Crippen molar-refractivity contribution in [1.82, 2.24) is 9.88 Å². The molecule has 3 aromatic rings. The number of carbonyl (C=O) groups is 1. The topological polar surface area (TPSA) is 67.6 Å². The number of aryl methyl sites for hydroxylation is 1. The molecule has 1 aliphatic heterocycles. The molecule has 0 unspecified atom stereocenters. The number of nitrogens with one attached hydrogen (secondary N) is 1. The highest BCUT2D eigenvalue weighted by molar-refractivity contribution is 5.97. The zero-order chi connectivity index (χ0) is 19.7. The van der Waals surface area contributed by atoms with E-state index >= 15 is 0 Å². The molecule has 1 N–H and O–H groups in total. The number of oxazole rings is 1. The third kappa shape index (κ3) is 3.52. The largest absolute Gasteiger partial charge is 0.496 e. The first-order valence-electron chi connectivity index (χ1n) is 9.28. The average molecular weight is 383 g/mol. The molecular weight excluding hydrogens is 361 g/mol. The van der Waals surface area contributed by atoms with E-state index in [4.69, 9.17) is 9.15 Å². The molecule has 0 radical (unpaired) electrons. The van der Waals surface area contributed by atoms with Gasteiger partial charge in [0, 0.05) is 19.6 Å². The highest BCUT2D eigenvalue weighted by atomic mass is 19.1. The summed E-state index contributed by atoms with van der Waals surface area (Å²) in [6.45, 7) is 3.88. The van der Waals surface area contributed by atoms with Crippen molar-refractivity contribution in [2.75, 3.05) is 32.1 Å². The number of methoxy groups -OCH3 is 1. The summed E-state index contributed by atoms with van der Waals surface area (Å²) < 4.78 is 24.5. The Bertz CT molecular complexity index is 1020. The molecule has 2 heterocycles. The van der Waals surface area contributed by atoms with Crippen LogP contribution < -0.4 is 10.1 Å². The monoisotopic (exact) mass is 383 g/mol. The third-order valence-corrected chi connectivity index (χ3v) is 5.07. The van der Waals surface area contributed by atoms with Crippen molar-refractivity contribution in [3.63, 3.8) is 0 Å². The molecule has 4 rings (SSSR count). The Balaban J connectivity index is 1.39. The van der Waals surface area contributed by atoms with Gasteiger partial charge in [-0.3, -0.25) is 4.79 Å². The van der Waals surface area contributed by atoms with Crippen LogP contribution in [0.15, 0.2) is 40.8 Å². The van der Waals surface area contributed by atoms with Crippen LogP contribution in [-0.2, 0) is 0 Å². The van der Waals surface area contributed by atoms with E-state index in [0.29, 0.717) is 42.5 Å². The molecule has 146 valence electrons. The molecule has 1 saturated heterocycles. The molecule has 6 nitrogen and oxygen atoms in total. The van der Waals surface area contributed by atoms with Gasteiger partial charge in [0.05, 0.1) is 12.7 Å². The summed E-state index contributed by atoms with van der Waals surface area (Å²) in [5, 5.41) is 3.13. The summed E-state index contributed by atoms with van der Waals surface area (Å²) in [6, 6.07) is 10.6. The molecule has 1 amide bonds. The Morgan fingerprint density at radius 2 is 2.25 bits per heavy atom. The number of aromatic nitrogens is 1. The van der Waals surface area contributed by atoms with Crippen molar-refractivity contribution in [3.05, 3.63) is 53.3 Å². The van der Waals surface area contributed by atoms with Crippen LogP contribution in [0.2, 0.25) is 0 Å². The fourth-order valence-corrected chi connectivity index (χ4v) is 3.57. The number of anilines is 1. The number of carbonyl (C=O) groups excluding carboxylic acids is 1. The molecular formula is C21H22FN3O3. The number of amides is 1. The molecule has 0 spiro atoms. The van der Waals surface area contributed by atoms with Crippen molar-refractivity contribution in [1.29, 1.82) is 0 Å². The average Bonchev–Trinajstić information content (AvgIpc) is 3.33. The number of fused-ring (bicyclic) bond motifs is 1. The van der Waals surface area contributed by atoms with E-state index in [1.165, 1.54) is 6.07 Å². The lowest BCUT2D eigenvalue weighted by molar-refractivity contribution is 0.0784. The molecule has 7 heteroatoms. The normalized spacial score (nSPS) is 16.5. The van der Waals surface area contributed by atoms with E-state index in [1.54, 1.807) is 19.2 Å². The fourth-order valence-electron chi connectivity index (χ4n) is 3.57. The van der Waals surface area contributed by atoms with Crippen molar-refractivity contribution >= 4 is 23.0 Å². The van der Waals surface area contributed by atoms with Gasteiger partial charge >= 0.3 is 0 Å². The lowest BCUT2D eigenvalue weighted by Crippen LogP contribution is -2.30. The number of para-hydroxylation sites is 1. The molecule has 28 heavy (non-hydrogen) atoms. The first-order chi connectivity index (χ1) is 13.5. The second-order valence-electron chi connectivity index (χ2n) is 7.10. The lowest BCUT2D eigenvalue weighted by Gasteiger charge is -2.18. The van der Waals surface area contributed by atoms with Crippen molar-refractivity contribution in [2.45, 2.75) is 13.3 Å². The van der Waals surface area contributed by atoms with Crippen molar-refractivity contribution in [3.8, 4) is 5.75 Å². The third-order valence-electron chi connectivity index (χ3n) is 5.07. The molecule has 0 aliphatic carbocycles. The van der Waals surface area contributed by atoms with E-state index in [1.807, 2.05) is 30.0 Å². The molecule has 2 aromatic carbocycles. The highest BCUT2D eigenvalue weighted by Crippen LogP contribution is 2.26. The summed E-state index contributed by atoms with van der Waals surface area (Å²) in [5.74, 6) is 0.403. The van der Waals surface area contributed by atoms with Crippen LogP contribution in [0.1, 0.15) is 22.3 Å². The number of ether oxygens (including phenoxy) is 1. The lowest BCUT2D eigenvalue weighted by atomic mass is 10.1. The molecule has 0 bridgehead atoms. The zero-order valence-corrected chi connectivity index (χ0v) is 15.9. The molecule has 0 saturated carbocycles. The van der Waals surface area contributed by atoms with E-state index < -0.39 is 5.82 Å². The number of likely N-dealkylation sites (tertiary alicyclic amines) is 1. The molecule has 1 atom stereocenters. The number of benzene rings is 2. The van der Waals surface area contributed by atoms with Gasteiger partial charge in [0.25, 0.3) is 11.9 Å². The zero-order valence-electron chi connectivity index (χ0n) is 15.9. The van der Waals surface area contributed by atoms with Crippen LogP contribution >= 0.6 is 0 Å². The summed E-state index contributed by atoms with van der Waals surface area (Å²) in [7, 11) is 1.57. The van der Waals surface area contributed by atoms with Crippen LogP contribution in [-0.4, -0.2) is 42.5 Å². The number of hydrogen-bond donors (Lipinski definition) is 1. The van der Waals surface area contributed by atoms with Crippen molar-refractivity contribution < 1.29 is 18.3 Å². The van der Waals surface area contributed by atoms with Gasteiger partial charge < -0.3 is 19.4 Å². The Hall–Kier alpha value is -3.09. The summed E-state index contributed by atoms with van der Waals surface area (Å²) in [5.41, 5.74) is 2.24. The van der Waals surface area contributed by atoms with Crippen LogP contribution in [0.5, 0.6) is 5.75 Å². The maximum absolute atomic E-state index is 13.7. The molecule has 1 aliphatic rings. The van der Waals surface area contributed by atoms with Gasteiger partial charge in [-0.15, -0.1) is 0 Å². The number of nitrogens with zero attached hydrogens (tertiary/aromatic N) is 2.